The van der Waals surface area contributed by atoms with Crippen LogP contribution in [0.5, 0.6) is 0 Å². The van der Waals surface area contributed by atoms with Gasteiger partial charge in [0.05, 0.1) is 6.61 Å². The standard InChI is InChI=1S/C37H66O13/c1-5-7-9-11-13-15-17-19-21-23-31(42)48-34-33(46-28(4)40)30(26-45-27(3)39)47-37(50-36(44)29(41)25-38)35(34)49-32(43)24-22-20-18-16-14-12-10-8-6-2/h29-30,33-38,41,44H,5-26H2,1-4H3/t29-,30+,33+,34-,35-,36+,37-/m0/s1. The summed E-state index contributed by atoms with van der Waals surface area (Å²) in [7, 11) is 0. The summed E-state index contributed by atoms with van der Waals surface area (Å²) in [4.78, 5) is 50.3. The largest absolute Gasteiger partial charge is 0.463 e. The number of aliphatic hydroxyl groups is 3. The highest BCUT2D eigenvalue weighted by molar-refractivity contribution is 5.71. The van der Waals surface area contributed by atoms with Gasteiger partial charge in [-0.3, -0.25) is 19.2 Å². The molecule has 50 heavy (non-hydrogen) atoms. The molecule has 0 unspecified atom stereocenters. The molecule has 0 radical (unpaired) electrons. The molecule has 1 rings (SSSR count). The van der Waals surface area contributed by atoms with E-state index >= 15 is 0 Å². The van der Waals surface area contributed by atoms with Gasteiger partial charge in [0, 0.05) is 26.7 Å². The molecule has 0 aromatic heterocycles. The Morgan fingerprint density at radius 1 is 0.600 bits per heavy atom. The van der Waals surface area contributed by atoms with Crippen molar-refractivity contribution in [2.24, 2.45) is 0 Å². The molecule has 13 nitrogen and oxygen atoms in total. The van der Waals surface area contributed by atoms with E-state index in [4.69, 9.17) is 28.4 Å². The number of carbonyl (C=O) groups excluding carboxylic acids is 4. The molecule has 1 fully saturated rings. The van der Waals surface area contributed by atoms with Crippen molar-refractivity contribution >= 4 is 23.9 Å². The minimum Gasteiger partial charge on any atom is -0.463 e. The van der Waals surface area contributed by atoms with E-state index in [0.29, 0.717) is 12.8 Å². The van der Waals surface area contributed by atoms with Gasteiger partial charge >= 0.3 is 23.9 Å². The second kappa shape index (κ2) is 28.3. The smallest absolute Gasteiger partial charge is 0.306 e. The van der Waals surface area contributed by atoms with E-state index < -0.39 is 80.2 Å². The molecule has 0 aliphatic carbocycles. The van der Waals surface area contributed by atoms with E-state index in [1.807, 2.05) is 0 Å². The number of hydrogen-bond donors (Lipinski definition) is 3. The first kappa shape index (κ1) is 45.7. The first-order valence-corrected chi connectivity index (χ1v) is 19.0. The Kier molecular flexibility index (Phi) is 25.9. The predicted octanol–water partition coefficient (Wildman–Crippen LogP) is 5.56. The van der Waals surface area contributed by atoms with Crippen LogP contribution in [0.3, 0.4) is 0 Å². The number of rotatable bonds is 29. The van der Waals surface area contributed by atoms with Crippen molar-refractivity contribution in [2.45, 2.75) is 199 Å². The molecular formula is C37H66O13. The third kappa shape index (κ3) is 20.5. The Bertz CT molecular complexity index is 929. The molecular weight excluding hydrogens is 652 g/mol. The molecule has 1 saturated heterocycles. The second-order valence-corrected chi connectivity index (χ2v) is 13.3. The monoisotopic (exact) mass is 718 g/mol. The molecule has 13 heteroatoms. The Morgan fingerprint density at radius 2 is 1.04 bits per heavy atom. The molecule has 7 atom stereocenters. The molecule has 0 amide bonds. The van der Waals surface area contributed by atoms with Gasteiger partial charge < -0.3 is 43.7 Å². The van der Waals surface area contributed by atoms with Crippen LogP contribution in [0.25, 0.3) is 0 Å². The average molecular weight is 719 g/mol. The molecule has 0 aromatic rings. The lowest BCUT2D eigenvalue weighted by Crippen LogP contribution is -2.63. The first-order valence-electron chi connectivity index (χ1n) is 19.0. The highest BCUT2D eigenvalue weighted by Gasteiger charge is 2.53. The number of aliphatic hydroxyl groups excluding tert-OH is 3. The molecule has 1 aliphatic rings. The van der Waals surface area contributed by atoms with Crippen LogP contribution in [0.15, 0.2) is 0 Å². The zero-order chi connectivity index (χ0) is 37.1. The Labute approximate surface area is 299 Å². The van der Waals surface area contributed by atoms with Gasteiger partial charge in [-0.1, -0.05) is 117 Å². The van der Waals surface area contributed by atoms with E-state index in [0.717, 1.165) is 58.3 Å². The quantitative estimate of drug-likeness (QED) is 0.0378. The summed E-state index contributed by atoms with van der Waals surface area (Å²) in [6, 6.07) is 0. The van der Waals surface area contributed by atoms with Gasteiger partial charge in [0.15, 0.2) is 24.6 Å². The maximum atomic E-state index is 13.2. The zero-order valence-corrected chi connectivity index (χ0v) is 31.0. The van der Waals surface area contributed by atoms with Gasteiger partial charge in [-0.25, -0.2) is 0 Å². The zero-order valence-electron chi connectivity index (χ0n) is 31.0. The van der Waals surface area contributed by atoms with E-state index in [-0.39, 0.29) is 12.8 Å². The predicted molar refractivity (Wildman–Crippen MR) is 184 cm³/mol. The lowest BCUT2D eigenvalue weighted by molar-refractivity contribution is -0.345. The topological polar surface area (TPSA) is 184 Å². The molecule has 292 valence electrons. The minimum absolute atomic E-state index is 0.0368. The molecule has 3 N–H and O–H groups in total. The van der Waals surface area contributed by atoms with Crippen molar-refractivity contribution in [1.29, 1.82) is 0 Å². The van der Waals surface area contributed by atoms with Gasteiger partial charge in [0.1, 0.15) is 18.8 Å². The lowest BCUT2D eigenvalue weighted by atomic mass is 9.97. The van der Waals surface area contributed by atoms with E-state index in [1.165, 1.54) is 58.3 Å². The van der Waals surface area contributed by atoms with Crippen LogP contribution < -0.4 is 0 Å². The van der Waals surface area contributed by atoms with E-state index in [1.54, 1.807) is 0 Å². The molecule has 0 spiro atoms. The van der Waals surface area contributed by atoms with Gasteiger partial charge in [0.2, 0.25) is 6.29 Å². The minimum atomic E-state index is -2.00. The number of unbranched alkanes of at least 4 members (excludes halogenated alkanes) is 16. The Morgan fingerprint density at radius 3 is 1.46 bits per heavy atom. The Hall–Kier alpha value is -2.32. The summed E-state index contributed by atoms with van der Waals surface area (Å²) >= 11 is 0. The van der Waals surface area contributed by atoms with Crippen LogP contribution in [0.2, 0.25) is 0 Å². The van der Waals surface area contributed by atoms with Crippen LogP contribution in [-0.2, 0) is 47.6 Å². The summed E-state index contributed by atoms with van der Waals surface area (Å²) in [5.41, 5.74) is 0. The molecule has 0 bridgehead atoms. The molecule has 0 saturated carbocycles. The highest BCUT2D eigenvalue weighted by Crippen LogP contribution is 2.31. The fourth-order valence-corrected chi connectivity index (χ4v) is 5.81. The third-order valence-electron chi connectivity index (χ3n) is 8.64. The molecule has 1 heterocycles. The first-order chi connectivity index (χ1) is 24.0. The third-order valence-corrected chi connectivity index (χ3v) is 8.64. The van der Waals surface area contributed by atoms with Crippen LogP contribution in [0.4, 0.5) is 0 Å². The van der Waals surface area contributed by atoms with Crippen molar-refractivity contribution in [1.82, 2.24) is 0 Å². The van der Waals surface area contributed by atoms with Gasteiger partial charge in [-0.2, -0.15) is 0 Å². The summed E-state index contributed by atoms with van der Waals surface area (Å²) in [5, 5.41) is 29.8. The van der Waals surface area contributed by atoms with Crippen molar-refractivity contribution in [3.8, 4) is 0 Å². The second-order valence-electron chi connectivity index (χ2n) is 13.3. The van der Waals surface area contributed by atoms with Crippen LogP contribution in [0, 0.1) is 0 Å². The van der Waals surface area contributed by atoms with Gasteiger partial charge in [-0.15, -0.1) is 0 Å². The maximum absolute atomic E-state index is 13.2. The number of ether oxygens (including phenoxy) is 6. The summed E-state index contributed by atoms with van der Waals surface area (Å²) in [6.45, 7) is 5.34. The maximum Gasteiger partial charge on any atom is 0.306 e. The van der Waals surface area contributed by atoms with Crippen molar-refractivity contribution in [3.63, 3.8) is 0 Å². The SMILES string of the molecule is CCCCCCCCCCCC(=O)O[C@@H]1[C@H](OC(=O)CCCCCCCCCCC)[C@H](O[C@@H](O)[C@@H](O)CO)O[C@H](COC(C)=O)[C@H]1OC(C)=O. The highest BCUT2D eigenvalue weighted by atomic mass is 16.8. The van der Waals surface area contributed by atoms with Crippen LogP contribution in [-0.4, -0.2) is 95.5 Å². The summed E-state index contributed by atoms with van der Waals surface area (Å²) < 4.78 is 33.6. The van der Waals surface area contributed by atoms with Crippen molar-refractivity contribution < 1.29 is 62.9 Å². The van der Waals surface area contributed by atoms with Crippen LogP contribution >= 0.6 is 0 Å². The normalized spacial score (nSPS) is 21.6. The number of hydrogen-bond acceptors (Lipinski definition) is 13. The number of carbonyl (C=O) groups is 4. The fraction of sp³-hybridized carbons (Fsp3) is 0.892. The van der Waals surface area contributed by atoms with Crippen LogP contribution in [0.1, 0.15) is 156 Å². The van der Waals surface area contributed by atoms with Gasteiger partial charge in [-0.05, 0) is 12.8 Å². The van der Waals surface area contributed by atoms with Crippen molar-refractivity contribution in [3.05, 3.63) is 0 Å². The molecule has 0 aromatic carbocycles. The van der Waals surface area contributed by atoms with Gasteiger partial charge in [0.25, 0.3) is 0 Å². The van der Waals surface area contributed by atoms with E-state index in [2.05, 4.69) is 13.8 Å². The summed E-state index contributed by atoms with van der Waals surface area (Å²) in [5.74, 6) is -2.73. The fourth-order valence-electron chi connectivity index (χ4n) is 5.81. The Balaban J connectivity index is 3.09. The van der Waals surface area contributed by atoms with E-state index in [9.17, 15) is 34.5 Å². The number of esters is 4. The van der Waals surface area contributed by atoms with Crippen molar-refractivity contribution in [2.75, 3.05) is 13.2 Å². The summed E-state index contributed by atoms with van der Waals surface area (Å²) in [6.07, 6.45) is 7.74. The lowest BCUT2D eigenvalue weighted by Gasteiger charge is -2.44. The average Bonchev–Trinajstić information content (AvgIpc) is 3.07. The molecule has 1 aliphatic heterocycles.